The normalized spacial score (nSPS) is 10.2. The van der Waals surface area contributed by atoms with Crippen LogP contribution in [0.2, 0.25) is 0 Å². The van der Waals surface area contributed by atoms with Gasteiger partial charge in [0.1, 0.15) is 22.6 Å². The molecule has 0 atom stereocenters. The van der Waals surface area contributed by atoms with Gasteiger partial charge in [0.2, 0.25) is 0 Å². The smallest absolute Gasteiger partial charge is 0.339 e. The van der Waals surface area contributed by atoms with Crippen LogP contribution in [0, 0.1) is 0 Å². The Morgan fingerprint density at radius 1 is 0.682 bits per heavy atom. The summed E-state index contributed by atoms with van der Waals surface area (Å²) < 4.78 is 0. The molecule has 0 radical (unpaired) electrons. The molecule has 0 aromatic heterocycles. The summed E-state index contributed by atoms with van der Waals surface area (Å²) in [5.41, 5.74) is -0.944. The number of aromatic carboxylic acids is 2. The van der Waals surface area contributed by atoms with Crippen LogP contribution in [0.4, 0.5) is 0 Å². The van der Waals surface area contributed by atoms with Crippen LogP contribution in [0.1, 0.15) is 36.6 Å². The minimum absolute atomic E-state index is 0.0303. The monoisotopic (exact) mass is 302 g/mol. The lowest BCUT2D eigenvalue weighted by Crippen LogP contribution is -2.06. The molecule has 0 amide bonds. The third-order valence-electron chi connectivity index (χ3n) is 2.98. The number of carbonyl (C=O) groups excluding carboxylic acids is 1. The summed E-state index contributed by atoms with van der Waals surface area (Å²) in [6, 6.07) is 6.56. The summed E-state index contributed by atoms with van der Waals surface area (Å²) in [5, 5.41) is 36.6. The number of hydrogen-bond acceptors (Lipinski definition) is 5. The molecule has 7 heteroatoms. The van der Waals surface area contributed by atoms with Crippen molar-refractivity contribution in [2.75, 3.05) is 0 Å². The molecule has 0 bridgehead atoms. The maximum Gasteiger partial charge on any atom is 0.339 e. The van der Waals surface area contributed by atoms with Crippen molar-refractivity contribution < 1.29 is 34.8 Å². The van der Waals surface area contributed by atoms with Gasteiger partial charge in [-0.3, -0.25) is 4.79 Å². The number of ketones is 1. The molecule has 0 fully saturated rings. The third-order valence-corrected chi connectivity index (χ3v) is 2.98. The topological polar surface area (TPSA) is 132 Å². The fraction of sp³-hybridized carbons (Fsp3) is 0. The number of phenols is 2. The lowest BCUT2D eigenvalue weighted by molar-refractivity contribution is 0.0682. The Labute approximate surface area is 123 Å². The first-order valence-corrected chi connectivity index (χ1v) is 5.98. The van der Waals surface area contributed by atoms with Gasteiger partial charge in [0, 0.05) is 11.1 Å². The molecule has 0 saturated carbocycles. The van der Waals surface area contributed by atoms with Crippen molar-refractivity contribution in [2.45, 2.75) is 0 Å². The van der Waals surface area contributed by atoms with Gasteiger partial charge < -0.3 is 20.4 Å². The summed E-state index contributed by atoms with van der Waals surface area (Å²) in [6.45, 7) is 0. The van der Waals surface area contributed by atoms with Crippen LogP contribution in [0.3, 0.4) is 0 Å². The van der Waals surface area contributed by atoms with Gasteiger partial charge in [-0.15, -0.1) is 0 Å². The quantitative estimate of drug-likeness (QED) is 0.632. The lowest BCUT2D eigenvalue weighted by atomic mass is 9.99. The van der Waals surface area contributed by atoms with Gasteiger partial charge in [0.15, 0.2) is 5.78 Å². The van der Waals surface area contributed by atoms with Crippen LogP contribution < -0.4 is 0 Å². The second-order valence-corrected chi connectivity index (χ2v) is 4.40. The van der Waals surface area contributed by atoms with Crippen molar-refractivity contribution in [2.24, 2.45) is 0 Å². The summed E-state index contributed by atoms with van der Waals surface area (Å²) in [4.78, 5) is 34.1. The van der Waals surface area contributed by atoms with E-state index < -0.39 is 40.3 Å². The van der Waals surface area contributed by atoms with Crippen LogP contribution in [0.5, 0.6) is 11.5 Å². The van der Waals surface area contributed by atoms with Crippen molar-refractivity contribution in [1.82, 2.24) is 0 Å². The van der Waals surface area contributed by atoms with Crippen molar-refractivity contribution in [3.8, 4) is 11.5 Å². The SMILES string of the molecule is O=C(c1ccc(O)c(C(=O)O)c1)c1ccc(O)c(C(=O)O)c1. The molecular weight excluding hydrogens is 292 g/mol. The van der Waals surface area contributed by atoms with E-state index >= 15 is 0 Å². The average Bonchev–Trinajstić information content (AvgIpc) is 2.47. The molecular formula is C15H10O7. The molecule has 2 aromatic rings. The van der Waals surface area contributed by atoms with E-state index in [0.717, 1.165) is 24.3 Å². The Hall–Kier alpha value is -3.35. The molecule has 4 N–H and O–H groups in total. The molecule has 0 heterocycles. The fourth-order valence-corrected chi connectivity index (χ4v) is 1.86. The van der Waals surface area contributed by atoms with Crippen molar-refractivity contribution in [3.05, 3.63) is 58.7 Å². The second-order valence-electron chi connectivity index (χ2n) is 4.40. The lowest BCUT2D eigenvalue weighted by Gasteiger charge is -2.06. The minimum Gasteiger partial charge on any atom is -0.507 e. The number of benzene rings is 2. The van der Waals surface area contributed by atoms with Gasteiger partial charge >= 0.3 is 11.9 Å². The predicted octanol–water partition coefficient (Wildman–Crippen LogP) is 1.73. The Morgan fingerprint density at radius 2 is 1.05 bits per heavy atom. The standard InChI is InChI=1S/C15H10O7/c16-11-3-1-7(5-9(11)14(19)20)13(18)8-2-4-12(17)10(6-8)15(21)22/h1-6,16-17H,(H,19,20)(H,21,22). The molecule has 2 aromatic carbocycles. The molecule has 0 spiro atoms. The van der Waals surface area contributed by atoms with Gasteiger partial charge in [-0.1, -0.05) is 0 Å². The molecule has 22 heavy (non-hydrogen) atoms. The van der Waals surface area contributed by atoms with E-state index in [2.05, 4.69) is 0 Å². The van der Waals surface area contributed by atoms with E-state index in [1.165, 1.54) is 12.1 Å². The second kappa shape index (κ2) is 5.57. The van der Waals surface area contributed by atoms with Crippen LogP contribution in [0.25, 0.3) is 0 Å². The van der Waals surface area contributed by atoms with Crippen molar-refractivity contribution in [3.63, 3.8) is 0 Å². The van der Waals surface area contributed by atoms with Gasteiger partial charge in [-0.05, 0) is 36.4 Å². The Morgan fingerprint density at radius 3 is 1.36 bits per heavy atom. The minimum atomic E-state index is -1.40. The molecule has 0 aliphatic rings. The van der Waals surface area contributed by atoms with Gasteiger partial charge in [-0.2, -0.15) is 0 Å². The van der Waals surface area contributed by atoms with E-state index in [1.807, 2.05) is 0 Å². The zero-order chi connectivity index (χ0) is 16.4. The number of rotatable bonds is 4. The van der Waals surface area contributed by atoms with Crippen LogP contribution >= 0.6 is 0 Å². The van der Waals surface area contributed by atoms with E-state index in [0.29, 0.717) is 0 Å². The number of carbonyl (C=O) groups is 3. The molecule has 112 valence electrons. The maximum absolute atomic E-state index is 12.3. The first-order valence-electron chi connectivity index (χ1n) is 5.98. The number of aromatic hydroxyl groups is 2. The Kier molecular flexibility index (Phi) is 3.81. The van der Waals surface area contributed by atoms with Crippen LogP contribution in [0.15, 0.2) is 36.4 Å². The van der Waals surface area contributed by atoms with Crippen molar-refractivity contribution in [1.29, 1.82) is 0 Å². The summed E-state index contributed by atoms with van der Waals surface area (Å²) in [7, 11) is 0. The molecule has 0 aliphatic heterocycles. The average molecular weight is 302 g/mol. The van der Waals surface area contributed by atoms with E-state index in [9.17, 15) is 24.6 Å². The highest BCUT2D eigenvalue weighted by Gasteiger charge is 2.18. The molecule has 0 unspecified atom stereocenters. The zero-order valence-corrected chi connectivity index (χ0v) is 11.0. The maximum atomic E-state index is 12.3. The summed E-state index contributed by atoms with van der Waals surface area (Å²) in [5.74, 6) is -4.40. The van der Waals surface area contributed by atoms with Gasteiger partial charge in [0.25, 0.3) is 0 Å². The first-order chi connectivity index (χ1) is 10.3. The highest BCUT2D eigenvalue weighted by molar-refractivity contribution is 6.11. The van der Waals surface area contributed by atoms with Gasteiger partial charge in [0.05, 0.1) is 0 Å². The zero-order valence-electron chi connectivity index (χ0n) is 11.0. The van der Waals surface area contributed by atoms with Crippen LogP contribution in [-0.2, 0) is 0 Å². The van der Waals surface area contributed by atoms with Gasteiger partial charge in [-0.25, -0.2) is 9.59 Å². The number of carboxylic acid groups (broad SMARTS) is 2. The summed E-state index contributed by atoms with van der Waals surface area (Å²) in [6.07, 6.45) is 0. The van der Waals surface area contributed by atoms with Crippen molar-refractivity contribution >= 4 is 17.7 Å². The molecule has 0 aliphatic carbocycles. The molecule has 0 saturated heterocycles. The first kappa shape index (κ1) is 15.0. The Bertz CT molecular complexity index is 727. The number of carboxylic acids is 2. The largest absolute Gasteiger partial charge is 0.507 e. The molecule has 7 nitrogen and oxygen atoms in total. The Balaban J connectivity index is 2.49. The highest BCUT2D eigenvalue weighted by atomic mass is 16.4. The number of hydrogen-bond donors (Lipinski definition) is 4. The predicted molar refractivity (Wildman–Crippen MR) is 73.6 cm³/mol. The van der Waals surface area contributed by atoms with E-state index in [1.54, 1.807) is 0 Å². The van der Waals surface area contributed by atoms with E-state index in [4.69, 9.17) is 10.2 Å². The molecule has 2 rings (SSSR count). The van der Waals surface area contributed by atoms with Crippen LogP contribution in [-0.4, -0.2) is 38.1 Å². The summed E-state index contributed by atoms with van der Waals surface area (Å²) >= 11 is 0. The highest BCUT2D eigenvalue weighted by Crippen LogP contribution is 2.23. The fourth-order valence-electron chi connectivity index (χ4n) is 1.86. The van der Waals surface area contributed by atoms with E-state index in [-0.39, 0.29) is 11.1 Å². The third kappa shape index (κ3) is 2.73.